The smallest absolute Gasteiger partial charge is 0.317 e. The zero-order chi connectivity index (χ0) is 18.8. The Labute approximate surface area is 156 Å². The Balaban J connectivity index is 1.67. The molecule has 0 aliphatic carbocycles. The molecule has 1 aliphatic heterocycles. The van der Waals surface area contributed by atoms with Crippen LogP contribution < -0.4 is 11.1 Å². The van der Waals surface area contributed by atoms with Crippen molar-refractivity contribution in [2.45, 2.75) is 19.0 Å². The molecule has 3 amide bonds. The molecule has 8 nitrogen and oxygen atoms in total. The van der Waals surface area contributed by atoms with Gasteiger partial charge in [-0.3, -0.25) is 9.48 Å². The lowest BCUT2D eigenvalue weighted by Gasteiger charge is -2.29. The van der Waals surface area contributed by atoms with Crippen molar-refractivity contribution < 1.29 is 9.59 Å². The molecule has 140 valence electrons. The maximum Gasteiger partial charge on any atom is 0.317 e. The predicted octanol–water partition coefficient (Wildman–Crippen LogP) is 0.951. The van der Waals surface area contributed by atoms with Crippen molar-refractivity contribution >= 4 is 23.3 Å². The summed E-state index contributed by atoms with van der Waals surface area (Å²) in [5.41, 5.74) is 7.39. The highest BCUT2D eigenvalue weighted by Crippen LogP contribution is 2.24. The van der Waals surface area contributed by atoms with E-state index in [-0.39, 0.29) is 17.8 Å². The topological polar surface area (TPSA) is 96.5 Å². The van der Waals surface area contributed by atoms with Crippen molar-refractivity contribution in [1.29, 1.82) is 0 Å². The first-order chi connectivity index (χ1) is 12.4. The number of aryl methyl sites for hydroxylation is 1. The minimum absolute atomic E-state index is 0.124. The third kappa shape index (κ3) is 3.58. The Kier molecular flexibility index (Phi) is 5.28. The van der Waals surface area contributed by atoms with E-state index in [0.29, 0.717) is 26.1 Å². The first-order valence-corrected chi connectivity index (χ1v) is 9.33. The minimum atomic E-state index is -0.561. The zero-order valence-electron chi connectivity index (χ0n) is 15.2. The number of fused-ring (bicyclic) bond motifs is 1. The quantitative estimate of drug-likeness (QED) is 0.812. The highest BCUT2D eigenvalue weighted by molar-refractivity contribution is 7.10. The number of carbonyl (C=O) groups excluding carboxylic acids is 2. The molecule has 2 aromatic heterocycles. The van der Waals surface area contributed by atoms with Crippen molar-refractivity contribution in [2.75, 3.05) is 27.2 Å². The largest absolute Gasteiger partial charge is 0.364 e. The van der Waals surface area contributed by atoms with Crippen LogP contribution in [0.5, 0.6) is 0 Å². The Morgan fingerprint density at radius 2 is 2.23 bits per heavy atom. The van der Waals surface area contributed by atoms with Gasteiger partial charge >= 0.3 is 6.03 Å². The van der Waals surface area contributed by atoms with Crippen molar-refractivity contribution in [3.8, 4) is 0 Å². The van der Waals surface area contributed by atoms with Crippen LogP contribution in [0.1, 0.15) is 32.7 Å². The Hall–Kier alpha value is -2.39. The fourth-order valence-corrected chi connectivity index (χ4v) is 4.20. The van der Waals surface area contributed by atoms with Gasteiger partial charge in [-0.15, -0.1) is 11.3 Å². The van der Waals surface area contributed by atoms with Crippen molar-refractivity contribution in [2.24, 2.45) is 12.8 Å². The number of nitrogens with one attached hydrogen (secondary N) is 1. The van der Waals surface area contributed by atoms with Gasteiger partial charge in [0.05, 0.1) is 12.6 Å². The summed E-state index contributed by atoms with van der Waals surface area (Å²) in [5.74, 6) is -0.561. The normalized spacial score (nSPS) is 15.0. The SMILES string of the molecule is CN(C)[C@H](CNC(=O)N1CCc2c(c(C(N)=O)nn2C)C1)c1cccs1. The number of hydrogen-bond acceptors (Lipinski definition) is 5. The number of amides is 3. The highest BCUT2D eigenvalue weighted by atomic mass is 32.1. The van der Waals surface area contributed by atoms with Crippen LogP contribution in [0.25, 0.3) is 0 Å². The number of aromatic nitrogens is 2. The monoisotopic (exact) mass is 376 g/mol. The average molecular weight is 376 g/mol. The van der Waals surface area contributed by atoms with E-state index in [9.17, 15) is 9.59 Å². The van der Waals surface area contributed by atoms with Gasteiger partial charge in [0.25, 0.3) is 5.91 Å². The fraction of sp³-hybridized carbons (Fsp3) is 0.471. The molecule has 0 bridgehead atoms. The van der Waals surface area contributed by atoms with Gasteiger partial charge in [0, 0.05) is 42.7 Å². The summed E-state index contributed by atoms with van der Waals surface area (Å²) in [7, 11) is 5.79. The molecule has 0 unspecified atom stereocenters. The molecule has 3 heterocycles. The van der Waals surface area contributed by atoms with Crippen molar-refractivity contribution in [1.82, 2.24) is 24.9 Å². The second-order valence-corrected chi connectivity index (χ2v) is 7.59. The molecule has 0 fully saturated rings. The first-order valence-electron chi connectivity index (χ1n) is 8.45. The van der Waals surface area contributed by atoms with Crippen LogP contribution in [0.3, 0.4) is 0 Å². The van der Waals surface area contributed by atoms with Gasteiger partial charge in [-0.1, -0.05) is 6.07 Å². The lowest BCUT2D eigenvalue weighted by Crippen LogP contribution is -2.45. The lowest BCUT2D eigenvalue weighted by atomic mass is 10.1. The molecular formula is C17H24N6O2S. The maximum atomic E-state index is 12.6. The van der Waals surface area contributed by atoms with Gasteiger partial charge < -0.3 is 20.9 Å². The second-order valence-electron chi connectivity index (χ2n) is 6.61. The number of urea groups is 1. The average Bonchev–Trinajstić information content (AvgIpc) is 3.23. The van der Waals surface area contributed by atoms with Crippen LogP contribution in [0, 0.1) is 0 Å². The van der Waals surface area contributed by atoms with E-state index < -0.39 is 5.91 Å². The van der Waals surface area contributed by atoms with Gasteiger partial charge in [0.15, 0.2) is 5.69 Å². The van der Waals surface area contributed by atoms with E-state index in [1.165, 1.54) is 4.88 Å². The number of primary amides is 1. The number of nitrogens with zero attached hydrogens (tertiary/aromatic N) is 4. The summed E-state index contributed by atoms with van der Waals surface area (Å²) >= 11 is 1.68. The van der Waals surface area contributed by atoms with E-state index in [2.05, 4.69) is 21.4 Å². The standard InChI is InChI=1S/C17H24N6O2S/c1-21(2)13(14-5-4-8-26-14)9-19-17(25)23-7-6-12-11(10-23)15(16(18)24)20-22(12)3/h4-5,8,13H,6-7,9-10H2,1-3H3,(H2,18,24)(H,19,25)/t13-/m1/s1. The molecule has 0 saturated carbocycles. The van der Waals surface area contributed by atoms with Crippen LogP contribution in [-0.2, 0) is 20.0 Å². The Bertz CT molecular complexity index is 799. The molecule has 0 radical (unpaired) electrons. The second kappa shape index (κ2) is 7.46. The summed E-state index contributed by atoms with van der Waals surface area (Å²) in [6.07, 6.45) is 0.654. The molecule has 0 spiro atoms. The van der Waals surface area contributed by atoms with E-state index in [4.69, 9.17) is 5.73 Å². The summed E-state index contributed by atoms with van der Waals surface area (Å²) in [4.78, 5) is 29.3. The van der Waals surface area contributed by atoms with Crippen LogP contribution in [-0.4, -0.2) is 58.7 Å². The van der Waals surface area contributed by atoms with Gasteiger partial charge in [0.2, 0.25) is 0 Å². The summed E-state index contributed by atoms with van der Waals surface area (Å²) in [6, 6.07) is 4.07. The molecule has 0 aromatic carbocycles. The van der Waals surface area contributed by atoms with Crippen LogP contribution >= 0.6 is 11.3 Å². The molecule has 9 heteroatoms. The summed E-state index contributed by atoms with van der Waals surface area (Å²) < 4.78 is 1.68. The minimum Gasteiger partial charge on any atom is -0.364 e. The van der Waals surface area contributed by atoms with Crippen LogP contribution in [0.4, 0.5) is 4.79 Å². The van der Waals surface area contributed by atoms with E-state index in [0.717, 1.165) is 11.3 Å². The first kappa shape index (κ1) is 18.4. The molecule has 3 rings (SSSR count). The number of likely N-dealkylation sites (N-methyl/N-ethyl adjacent to an activating group) is 1. The molecule has 2 aromatic rings. The fourth-order valence-electron chi connectivity index (χ4n) is 3.28. The molecule has 1 aliphatic rings. The third-order valence-corrected chi connectivity index (χ3v) is 5.68. The van der Waals surface area contributed by atoms with E-state index in [1.807, 2.05) is 25.5 Å². The van der Waals surface area contributed by atoms with Crippen LogP contribution in [0.15, 0.2) is 17.5 Å². The number of rotatable bonds is 5. The summed E-state index contributed by atoms with van der Waals surface area (Å²) in [6.45, 7) is 1.45. The number of carbonyl (C=O) groups is 2. The molecule has 0 saturated heterocycles. The van der Waals surface area contributed by atoms with Gasteiger partial charge in [-0.25, -0.2) is 4.79 Å². The van der Waals surface area contributed by atoms with E-state index in [1.54, 1.807) is 28.0 Å². The van der Waals surface area contributed by atoms with Gasteiger partial charge in [-0.2, -0.15) is 5.10 Å². The van der Waals surface area contributed by atoms with Crippen LogP contribution in [0.2, 0.25) is 0 Å². The number of thiophene rings is 1. The van der Waals surface area contributed by atoms with Crippen molar-refractivity contribution in [3.63, 3.8) is 0 Å². The lowest BCUT2D eigenvalue weighted by molar-refractivity contribution is 0.0992. The number of nitrogens with two attached hydrogens (primary N) is 1. The van der Waals surface area contributed by atoms with Crippen molar-refractivity contribution in [3.05, 3.63) is 39.3 Å². The number of hydrogen-bond donors (Lipinski definition) is 2. The van der Waals surface area contributed by atoms with Gasteiger partial charge in [0.1, 0.15) is 0 Å². The maximum absolute atomic E-state index is 12.6. The zero-order valence-corrected chi connectivity index (χ0v) is 16.0. The molecule has 3 N–H and O–H groups in total. The summed E-state index contributed by atoms with van der Waals surface area (Å²) in [5, 5.41) is 9.25. The Morgan fingerprint density at radius 3 is 2.85 bits per heavy atom. The highest BCUT2D eigenvalue weighted by Gasteiger charge is 2.29. The Morgan fingerprint density at radius 1 is 1.46 bits per heavy atom. The molecular weight excluding hydrogens is 352 g/mol. The third-order valence-electron chi connectivity index (χ3n) is 4.70. The molecule has 1 atom stereocenters. The van der Waals surface area contributed by atoms with Gasteiger partial charge in [-0.05, 0) is 25.5 Å². The van der Waals surface area contributed by atoms with E-state index >= 15 is 0 Å². The predicted molar refractivity (Wildman–Crippen MR) is 100.0 cm³/mol. The molecule has 26 heavy (non-hydrogen) atoms.